The summed E-state index contributed by atoms with van der Waals surface area (Å²) >= 11 is 1.53. The van der Waals surface area contributed by atoms with Crippen LogP contribution in [0.5, 0.6) is 5.75 Å². The predicted octanol–water partition coefficient (Wildman–Crippen LogP) is 5.81. The average molecular weight is 462 g/mol. The summed E-state index contributed by atoms with van der Waals surface area (Å²) in [6.45, 7) is 6.25. The number of ketones is 1. The fourth-order valence-electron chi connectivity index (χ4n) is 4.32. The van der Waals surface area contributed by atoms with E-state index in [1.54, 1.807) is 12.0 Å². The highest BCUT2D eigenvalue weighted by Gasteiger charge is 2.46. The van der Waals surface area contributed by atoms with E-state index >= 15 is 0 Å². The molecule has 2 heterocycles. The summed E-state index contributed by atoms with van der Waals surface area (Å²) < 4.78 is 5.53. The number of amides is 1. The van der Waals surface area contributed by atoms with Crippen molar-refractivity contribution in [3.63, 3.8) is 0 Å². The van der Waals surface area contributed by atoms with Crippen LogP contribution in [0.2, 0.25) is 0 Å². The molecule has 0 bridgehead atoms. The molecule has 1 aliphatic heterocycles. The fourth-order valence-corrected chi connectivity index (χ4v) is 5.02. The van der Waals surface area contributed by atoms with Crippen LogP contribution in [0.3, 0.4) is 0 Å². The Balaban J connectivity index is 1.91. The zero-order valence-electron chi connectivity index (χ0n) is 19.2. The number of hydrogen-bond donors (Lipinski definition) is 1. The number of nitrogens with zero attached hydrogens (tertiary/aromatic N) is 1. The first-order valence-electron chi connectivity index (χ1n) is 10.9. The van der Waals surface area contributed by atoms with E-state index in [0.29, 0.717) is 12.1 Å². The second kappa shape index (κ2) is 9.24. The molecule has 0 radical (unpaired) electrons. The molecule has 1 fully saturated rings. The third-order valence-corrected chi connectivity index (χ3v) is 6.88. The molecule has 0 saturated carbocycles. The molecule has 1 saturated heterocycles. The zero-order valence-corrected chi connectivity index (χ0v) is 20.0. The third-order valence-electron chi connectivity index (χ3n) is 6.02. The summed E-state index contributed by atoms with van der Waals surface area (Å²) in [5.41, 5.74) is 3.13. The van der Waals surface area contributed by atoms with Gasteiger partial charge in [-0.15, -0.1) is 11.3 Å². The molecule has 3 aromatic rings. The molecule has 0 spiro atoms. The number of carbonyl (C=O) groups is 2. The van der Waals surface area contributed by atoms with Gasteiger partial charge in [-0.2, -0.15) is 0 Å². The maximum atomic E-state index is 13.3. The van der Waals surface area contributed by atoms with Gasteiger partial charge in [0.2, 0.25) is 0 Å². The molecule has 1 atom stereocenters. The summed E-state index contributed by atoms with van der Waals surface area (Å²) in [5.74, 6) is -0.540. The molecule has 5 nitrogen and oxygen atoms in total. The van der Waals surface area contributed by atoms with Crippen molar-refractivity contribution >= 4 is 28.8 Å². The van der Waals surface area contributed by atoms with Gasteiger partial charge in [-0.3, -0.25) is 9.59 Å². The number of likely N-dealkylation sites (tertiary alicyclic amines) is 1. The number of Topliss-reactive ketones (excluding diaryl/α,β-unsaturated/α-hetero) is 1. The molecule has 4 rings (SSSR count). The zero-order chi connectivity index (χ0) is 23.7. The number of hydrogen-bond acceptors (Lipinski definition) is 5. The van der Waals surface area contributed by atoms with Crippen LogP contribution in [0.1, 0.15) is 52.9 Å². The second-order valence-corrected chi connectivity index (χ2v) is 9.51. The minimum absolute atomic E-state index is 0.116. The molecule has 6 heteroatoms. The molecule has 1 aliphatic rings. The van der Waals surface area contributed by atoms with Crippen LogP contribution in [0, 0.1) is 6.92 Å². The molecule has 2 aromatic carbocycles. The normalized spacial score (nSPS) is 17.7. The first kappa shape index (κ1) is 22.8. The van der Waals surface area contributed by atoms with Crippen molar-refractivity contribution in [3.05, 3.63) is 92.7 Å². The second-order valence-electron chi connectivity index (χ2n) is 8.48. The first-order chi connectivity index (χ1) is 15.8. The van der Waals surface area contributed by atoms with Gasteiger partial charge in [0.25, 0.3) is 11.7 Å². The average Bonchev–Trinajstić information content (AvgIpc) is 3.41. The monoisotopic (exact) mass is 461 g/mol. The van der Waals surface area contributed by atoms with Crippen molar-refractivity contribution < 1.29 is 19.4 Å². The Bertz CT molecular complexity index is 1210. The van der Waals surface area contributed by atoms with Crippen LogP contribution in [0.25, 0.3) is 5.76 Å². The molecule has 33 heavy (non-hydrogen) atoms. The van der Waals surface area contributed by atoms with E-state index in [1.165, 1.54) is 11.3 Å². The van der Waals surface area contributed by atoms with E-state index in [1.807, 2.05) is 80.7 Å². The lowest BCUT2D eigenvalue weighted by molar-refractivity contribution is -0.140. The van der Waals surface area contributed by atoms with Crippen LogP contribution in [0.4, 0.5) is 0 Å². The standard InChI is InChI=1S/C27H27NO4S/c1-16(2)20-14-21(17(3)13-22(20)32-4)25(29)23-24(18-9-6-5-7-10-18)28(27(31)26(23)30)15-19-11-8-12-33-19/h5-14,16,24,29H,15H2,1-4H3/b25-23+. The lowest BCUT2D eigenvalue weighted by Crippen LogP contribution is -2.28. The van der Waals surface area contributed by atoms with Gasteiger partial charge in [-0.1, -0.05) is 50.2 Å². The maximum absolute atomic E-state index is 13.3. The van der Waals surface area contributed by atoms with Crippen molar-refractivity contribution in [1.82, 2.24) is 4.90 Å². The third kappa shape index (κ3) is 4.18. The number of benzene rings is 2. The molecule has 170 valence electrons. The Labute approximate surface area is 197 Å². The summed E-state index contributed by atoms with van der Waals surface area (Å²) in [7, 11) is 1.62. The van der Waals surface area contributed by atoms with E-state index in [9.17, 15) is 14.7 Å². The van der Waals surface area contributed by atoms with E-state index < -0.39 is 17.7 Å². The van der Waals surface area contributed by atoms with Gasteiger partial charge in [0.1, 0.15) is 11.5 Å². The van der Waals surface area contributed by atoms with Gasteiger partial charge < -0.3 is 14.7 Å². The number of thiophene rings is 1. The Morgan fingerprint density at radius 1 is 1.12 bits per heavy atom. The van der Waals surface area contributed by atoms with Crippen LogP contribution >= 0.6 is 11.3 Å². The van der Waals surface area contributed by atoms with Crippen LogP contribution in [-0.2, 0) is 16.1 Å². The molecule has 1 amide bonds. The van der Waals surface area contributed by atoms with Gasteiger partial charge in [0.05, 0.1) is 25.3 Å². The van der Waals surface area contributed by atoms with Gasteiger partial charge in [-0.05, 0) is 53.1 Å². The summed E-state index contributed by atoms with van der Waals surface area (Å²) in [6.07, 6.45) is 0. The van der Waals surface area contributed by atoms with Crippen molar-refractivity contribution in [2.24, 2.45) is 0 Å². The lowest BCUT2D eigenvalue weighted by Gasteiger charge is -2.25. The van der Waals surface area contributed by atoms with Gasteiger partial charge in [0, 0.05) is 10.4 Å². The quantitative estimate of drug-likeness (QED) is 0.286. The van der Waals surface area contributed by atoms with Gasteiger partial charge in [0.15, 0.2) is 0 Å². The van der Waals surface area contributed by atoms with Gasteiger partial charge >= 0.3 is 0 Å². The first-order valence-corrected chi connectivity index (χ1v) is 11.8. The molecule has 1 aromatic heterocycles. The predicted molar refractivity (Wildman–Crippen MR) is 130 cm³/mol. The van der Waals surface area contributed by atoms with Crippen LogP contribution in [0.15, 0.2) is 65.6 Å². The highest BCUT2D eigenvalue weighted by atomic mass is 32.1. The van der Waals surface area contributed by atoms with Gasteiger partial charge in [-0.25, -0.2) is 0 Å². The van der Waals surface area contributed by atoms with Crippen molar-refractivity contribution in [3.8, 4) is 5.75 Å². The number of carbonyl (C=O) groups excluding carboxylic acids is 2. The summed E-state index contributed by atoms with van der Waals surface area (Å²) in [5, 5.41) is 13.4. The molecular formula is C27H27NO4S. The van der Waals surface area contributed by atoms with E-state index in [4.69, 9.17) is 4.74 Å². The number of aliphatic hydroxyl groups excluding tert-OH is 1. The van der Waals surface area contributed by atoms with Crippen LogP contribution < -0.4 is 4.74 Å². The molecule has 1 N–H and O–H groups in total. The smallest absolute Gasteiger partial charge is 0.295 e. The molecule has 0 aliphatic carbocycles. The minimum atomic E-state index is -0.669. The highest BCUT2D eigenvalue weighted by molar-refractivity contribution is 7.09. The Morgan fingerprint density at radius 3 is 2.45 bits per heavy atom. The van der Waals surface area contributed by atoms with E-state index in [-0.39, 0.29) is 17.3 Å². The van der Waals surface area contributed by atoms with Crippen molar-refractivity contribution in [2.75, 3.05) is 7.11 Å². The summed E-state index contributed by atoms with van der Waals surface area (Å²) in [6, 6.07) is 16.3. The number of aliphatic hydroxyl groups is 1. The Hall–Kier alpha value is -3.38. The maximum Gasteiger partial charge on any atom is 0.295 e. The Morgan fingerprint density at radius 2 is 1.85 bits per heavy atom. The SMILES string of the molecule is COc1cc(C)c(/C(O)=C2\C(=O)C(=O)N(Cc3cccs3)C2c2ccccc2)cc1C(C)C. The number of methoxy groups -OCH3 is 1. The number of rotatable bonds is 6. The summed E-state index contributed by atoms with van der Waals surface area (Å²) in [4.78, 5) is 28.9. The largest absolute Gasteiger partial charge is 0.507 e. The van der Waals surface area contributed by atoms with E-state index in [0.717, 1.165) is 27.3 Å². The lowest BCUT2D eigenvalue weighted by atomic mass is 9.91. The van der Waals surface area contributed by atoms with Crippen molar-refractivity contribution in [2.45, 2.75) is 39.3 Å². The minimum Gasteiger partial charge on any atom is -0.507 e. The van der Waals surface area contributed by atoms with Crippen molar-refractivity contribution in [1.29, 1.82) is 0 Å². The fraction of sp³-hybridized carbons (Fsp3) is 0.259. The Kier molecular flexibility index (Phi) is 6.38. The van der Waals surface area contributed by atoms with Crippen LogP contribution in [-0.4, -0.2) is 28.8 Å². The van der Waals surface area contributed by atoms with E-state index in [2.05, 4.69) is 0 Å². The molecular weight excluding hydrogens is 434 g/mol. The number of ether oxygens (including phenoxy) is 1. The number of aryl methyl sites for hydroxylation is 1. The molecule has 1 unspecified atom stereocenters. The highest BCUT2D eigenvalue weighted by Crippen LogP contribution is 2.42. The topological polar surface area (TPSA) is 66.8 Å².